The van der Waals surface area contributed by atoms with Gasteiger partial charge in [0, 0.05) is 44.2 Å². The van der Waals surface area contributed by atoms with Gasteiger partial charge in [-0.15, -0.1) is 0 Å². The van der Waals surface area contributed by atoms with Crippen LogP contribution < -0.4 is 10.6 Å². The fourth-order valence-corrected chi connectivity index (χ4v) is 4.34. The van der Waals surface area contributed by atoms with Crippen LogP contribution in [0.5, 0.6) is 0 Å². The Morgan fingerprint density at radius 2 is 1.74 bits per heavy atom. The van der Waals surface area contributed by atoms with Gasteiger partial charge >= 0.3 is 0 Å². The second-order valence-corrected chi connectivity index (χ2v) is 8.86. The zero-order valence-corrected chi connectivity index (χ0v) is 18.6. The Labute approximate surface area is 188 Å². The Kier molecular flexibility index (Phi) is 6.90. The van der Waals surface area contributed by atoms with Crippen molar-refractivity contribution in [3.63, 3.8) is 0 Å². The summed E-state index contributed by atoms with van der Waals surface area (Å²) < 4.78 is 0. The number of amides is 2. The first-order valence-corrected chi connectivity index (χ1v) is 11.2. The van der Waals surface area contributed by atoms with E-state index >= 15 is 0 Å². The molecule has 0 aliphatic carbocycles. The highest BCUT2D eigenvalue weighted by atomic mass is 35.5. The monoisotopic (exact) mass is 440 g/mol. The molecule has 2 aromatic rings. The molecule has 0 bridgehead atoms. The molecule has 2 amide bonds. The molecule has 2 aliphatic heterocycles. The van der Waals surface area contributed by atoms with Crippen molar-refractivity contribution in [2.75, 3.05) is 33.2 Å². The number of hydrogen-bond acceptors (Lipinski definition) is 4. The largest absolute Gasteiger partial charge is 0.343 e. The highest BCUT2D eigenvalue weighted by Gasteiger charge is 2.31. The van der Waals surface area contributed by atoms with Crippen molar-refractivity contribution in [1.82, 2.24) is 20.4 Å². The van der Waals surface area contributed by atoms with E-state index < -0.39 is 6.04 Å². The average molecular weight is 441 g/mol. The second-order valence-electron chi connectivity index (χ2n) is 8.43. The van der Waals surface area contributed by atoms with Gasteiger partial charge in [-0.05, 0) is 42.3 Å². The summed E-state index contributed by atoms with van der Waals surface area (Å²) in [6.07, 6.45) is 1.07. The number of carbonyl (C=O) groups excluding carboxylic acids is 2. The van der Waals surface area contributed by atoms with Gasteiger partial charge in [-0.1, -0.05) is 48.0 Å². The molecule has 0 spiro atoms. The van der Waals surface area contributed by atoms with Crippen molar-refractivity contribution in [3.8, 4) is 0 Å². The fourth-order valence-electron chi connectivity index (χ4n) is 4.22. The van der Waals surface area contributed by atoms with Crippen LogP contribution in [0.2, 0.25) is 5.02 Å². The molecule has 0 radical (unpaired) electrons. The quantitative estimate of drug-likeness (QED) is 0.744. The van der Waals surface area contributed by atoms with Gasteiger partial charge in [0.2, 0.25) is 11.8 Å². The SMILES string of the molecule is CN1CCN(C(=O)[C@@H](Cc2ccc(Cl)cc2)NC(=O)[C@H]2Cc3ccccc3CN2)CC1. The Morgan fingerprint density at radius 1 is 1.06 bits per heavy atom. The molecule has 0 unspecified atom stereocenters. The van der Waals surface area contributed by atoms with E-state index in [1.54, 1.807) is 0 Å². The van der Waals surface area contributed by atoms with Gasteiger partial charge < -0.3 is 20.4 Å². The number of halogens is 1. The van der Waals surface area contributed by atoms with Gasteiger partial charge in [-0.25, -0.2) is 0 Å². The first-order chi connectivity index (χ1) is 15.0. The van der Waals surface area contributed by atoms with Crippen LogP contribution in [-0.2, 0) is 29.0 Å². The van der Waals surface area contributed by atoms with Crippen LogP contribution in [0.4, 0.5) is 0 Å². The fraction of sp³-hybridized carbons (Fsp3) is 0.417. The maximum Gasteiger partial charge on any atom is 0.245 e. The highest BCUT2D eigenvalue weighted by Crippen LogP contribution is 2.17. The molecule has 2 heterocycles. The van der Waals surface area contributed by atoms with E-state index in [2.05, 4.69) is 34.7 Å². The molecular weight excluding hydrogens is 412 g/mol. The highest BCUT2D eigenvalue weighted by molar-refractivity contribution is 6.30. The van der Waals surface area contributed by atoms with Gasteiger partial charge in [-0.2, -0.15) is 0 Å². The summed E-state index contributed by atoms with van der Waals surface area (Å²) in [5.74, 6) is -0.149. The molecular formula is C24H29ClN4O2. The molecule has 31 heavy (non-hydrogen) atoms. The van der Waals surface area contributed by atoms with Gasteiger partial charge in [0.05, 0.1) is 6.04 Å². The summed E-state index contributed by atoms with van der Waals surface area (Å²) in [5, 5.41) is 7.02. The van der Waals surface area contributed by atoms with Crippen LogP contribution >= 0.6 is 11.6 Å². The molecule has 1 fully saturated rings. The Bertz CT molecular complexity index is 925. The number of carbonyl (C=O) groups is 2. The normalized spacial score (nSPS) is 20.1. The summed E-state index contributed by atoms with van der Waals surface area (Å²) in [6, 6.07) is 14.7. The summed E-state index contributed by atoms with van der Waals surface area (Å²) in [4.78, 5) is 30.5. The third-order valence-electron chi connectivity index (χ3n) is 6.18. The average Bonchev–Trinajstić information content (AvgIpc) is 2.79. The van der Waals surface area contributed by atoms with Crippen molar-refractivity contribution in [2.45, 2.75) is 31.5 Å². The molecule has 2 aromatic carbocycles. The molecule has 164 valence electrons. The van der Waals surface area contributed by atoms with Gasteiger partial charge in [0.25, 0.3) is 0 Å². The summed E-state index contributed by atoms with van der Waals surface area (Å²) in [7, 11) is 2.06. The summed E-state index contributed by atoms with van der Waals surface area (Å²) in [6.45, 7) is 3.69. The molecule has 0 saturated carbocycles. The third kappa shape index (κ3) is 5.45. The number of likely N-dealkylation sites (N-methyl/N-ethyl adjacent to an activating group) is 1. The van der Waals surface area contributed by atoms with Crippen LogP contribution in [-0.4, -0.2) is 66.9 Å². The Hall–Kier alpha value is -2.41. The molecule has 4 rings (SSSR count). The Balaban J connectivity index is 1.47. The van der Waals surface area contributed by atoms with Crippen molar-refractivity contribution >= 4 is 23.4 Å². The molecule has 2 aliphatic rings. The van der Waals surface area contributed by atoms with Gasteiger partial charge in [0.1, 0.15) is 6.04 Å². The van der Waals surface area contributed by atoms with Crippen LogP contribution in [0.1, 0.15) is 16.7 Å². The second kappa shape index (κ2) is 9.81. The molecule has 2 atom stereocenters. The maximum atomic E-state index is 13.3. The minimum Gasteiger partial charge on any atom is -0.343 e. The predicted molar refractivity (Wildman–Crippen MR) is 122 cm³/mol. The van der Waals surface area contributed by atoms with Crippen molar-refractivity contribution in [1.29, 1.82) is 0 Å². The van der Waals surface area contributed by atoms with E-state index in [1.807, 2.05) is 41.3 Å². The lowest BCUT2D eigenvalue weighted by molar-refractivity contribution is -0.138. The maximum absolute atomic E-state index is 13.3. The molecule has 2 N–H and O–H groups in total. The number of hydrogen-bond donors (Lipinski definition) is 2. The first-order valence-electron chi connectivity index (χ1n) is 10.8. The number of piperazine rings is 1. The molecule has 6 nitrogen and oxygen atoms in total. The molecule has 1 saturated heterocycles. The lowest BCUT2D eigenvalue weighted by Gasteiger charge is -2.35. The van der Waals surface area contributed by atoms with Gasteiger partial charge in [-0.3, -0.25) is 9.59 Å². The van der Waals surface area contributed by atoms with Crippen molar-refractivity contribution in [2.24, 2.45) is 0 Å². The number of rotatable bonds is 5. The molecule has 0 aromatic heterocycles. The standard InChI is InChI=1S/C24H29ClN4O2/c1-28-10-12-29(13-11-28)24(31)22(14-17-6-8-20(25)9-7-17)27-23(30)21-15-18-4-2-3-5-19(18)16-26-21/h2-9,21-22,26H,10-16H2,1H3,(H,27,30)/t21-,22-/m1/s1. The smallest absolute Gasteiger partial charge is 0.245 e. The zero-order chi connectivity index (χ0) is 21.8. The van der Waals surface area contributed by atoms with E-state index in [1.165, 1.54) is 11.1 Å². The van der Waals surface area contributed by atoms with Crippen LogP contribution in [0, 0.1) is 0 Å². The van der Waals surface area contributed by atoms with E-state index in [9.17, 15) is 9.59 Å². The van der Waals surface area contributed by atoms with E-state index in [-0.39, 0.29) is 17.9 Å². The number of benzene rings is 2. The minimum absolute atomic E-state index is 0.0207. The molecule has 7 heteroatoms. The minimum atomic E-state index is -0.601. The lowest BCUT2D eigenvalue weighted by atomic mass is 9.95. The topological polar surface area (TPSA) is 64.7 Å². The Morgan fingerprint density at radius 3 is 2.45 bits per heavy atom. The zero-order valence-electron chi connectivity index (χ0n) is 17.8. The van der Waals surface area contributed by atoms with Crippen molar-refractivity contribution < 1.29 is 9.59 Å². The van der Waals surface area contributed by atoms with Crippen molar-refractivity contribution in [3.05, 3.63) is 70.2 Å². The summed E-state index contributed by atoms with van der Waals surface area (Å²) >= 11 is 6.02. The van der Waals surface area contributed by atoms with Crippen LogP contribution in [0.25, 0.3) is 0 Å². The lowest BCUT2D eigenvalue weighted by Crippen LogP contribution is -2.58. The third-order valence-corrected chi connectivity index (χ3v) is 6.43. The summed E-state index contributed by atoms with van der Waals surface area (Å²) in [5.41, 5.74) is 3.37. The predicted octanol–water partition coefficient (Wildman–Crippen LogP) is 1.86. The number of fused-ring (bicyclic) bond motifs is 1. The van der Waals surface area contributed by atoms with E-state index in [4.69, 9.17) is 11.6 Å². The van der Waals surface area contributed by atoms with Gasteiger partial charge in [0.15, 0.2) is 0 Å². The van der Waals surface area contributed by atoms with Crippen LogP contribution in [0.15, 0.2) is 48.5 Å². The van der Waals surface area contributed by atoms with E-state index in [0.717, 1.165) is 18.7 Å². The first kappa shape index (κ1) is 21.8. The van der Waals surface area contributed by atoms with E-state index in [0.29, 0.717) is 37.5 Å². The van der Waals surface area contributed by atoms with Crippen LogP contribution in [0.3, 0.4) is 0 Å². The number of nitrogens with one attached hydrogen (secondary N) is 2. The number of nitrogens with zero attached hydrogens (tertiary/aromatic N) is 2.